The van der Waals surface area contributed by atoms with Crippen molar-refractivity contribution in [3.8, 4) is 11.1 Å². The summed E-state index contributed by atoms with van der Waals surface area (Å²) in [6.45, 7) is 4.45. The number of amides is 2. The normalized spacial score (nSPS) is 17.0. The molecule has 2 aliphatic rings. The molecule has 32 heavy (non-hydrogen) atoms. The van der Waals surface area contributed by atoms with Crippen LogP contribution in [0.5, 0.6) is 0 Å². The molecular weight excluding hydrogens is 408 g/mol. The average Bonchev–Trinajstić information content (AvgIpc) is 3.08. The lowest BCUT2D eigenvalue weighted by Gasteiger charge is -2.45. The van der Waals surface area contributed by atoms with Crippen molar-refractivity contribution in [3.05, 3.63) is 59.7 Å². The van der Waals surface area contributed by atoms with E-state index in [1.54, 1.807) is 18.7 Å². The number of carboxylic acids is 1. The number of carbonyl (C=O) groups excluding carboxylic acids is 2. The highest BCUT2D eigenvalue weighted by molar-refractivity contribution is 5.84. The topological polar surface area (TPSA) is 95.9 Å². The number of nitrogens with zero attached hydrogens (tertiary/aromatic N) is 1. The van der Waals surface area contributed by atoms with Gasteiger partial charge in [-0.3, -0.25) is 9.59 Å². The van der Waals surface area contributed by atoms with Gasteiger partial charge in [0.15, 0.2) is 0 Å². The molecule has 2 aromatic carbocycles. The SMILES string of the molecule is CC(CCNC(=O)OCC1c2ccccc2-c2ccccc21)C(=O)N1CC(C)(C(=O)O)C1. The van der Waals surface area contributed by atoms with Crippen molar-refractivity contribution in [3.63, 3.8) is 0 Å². The number of benzene rings is 2. The molecule has 0 spiro atoms. The van der Waals surface area contributed by atoms with Crippen LogP contribution in [0.15, 0.2) is 48.5 Å². The molecule has 0 saturated carbocycles. The Morgan fingerprint density at radius 2 is 1.66 bits per heavy atom. The molecule has 4 rings (SSSR count). The number of hydrogen-bond donors (Lipinski definition) is 2. The Kier molecular flexibility index (Phi) is 5.91. The van der Waals surface area contributed by atoms with Crippen molar-refractivity contribution in [2.45, 2.75) is 26.2 Å². The van der Waals surface area contributed by atoms with E-state index in [1.807, 2.05) is 24.3 Å². The van der Waals surface area contributed by atoms with E-state index in [-0.39, 0.29) is 37.4 Å². The van der Waals surface area contributed by atoms with Gasteiger partial charge in [-0.2, -0.15) is 0 Å². The number of rotatable bonds is 7. The van der Waals surface area contributed by atoms with Gasteiger partial charge >= 0.3 is 12.1 Å². The smallest absolute Gasteiger partial charge is 0.407 e. The van der Waals surface area contributed by atoms with Crippen LogP contribution >= 0.6 is 0 Å². The molecule has 1 atom stereocenters. The van der Waals surface area contributed by atoms with Crippen molar-refractivity contribution < 1.29 is 24.2 Å². The van der Waals surface area contributed by atoms with Crippen LogP contribution in [0.25, 0.3) is 11.1 Å². The second-order valence-electron chi connectivity index (χ2n) is 9.00. The van der Waals surface area contributed by atoms with Crippen LogP contribution in [0.2, 0.25) is 0 Å². The van der Waals surface area contributed by atoms with E-state index < -0.39 is 17.5 Å². The Hall–Kier alpha value is -3.35. The summed E-state index contributed by atoms with van der Waals surface area (Å²) in [4.78, 5) is 37.4. The summed E-state index contributed by atoms with van der Waals surface area (Å²) in [6.07, 6.45) is -0.0440. The standard InChI is InChI=1S/C25H28N2O5/c1-16(22(28)27-14-25(2,15-27)23(29)30)11-12-26-24(31)32-13-21-19-9-5-3-7-17(19)18-8-4-6-10-20(18)21/h3-10,16,21H,11-15H2,1-2H3,(H,26,31)(H,29,30). The zero-order valence-electron chi connectivity index (χ0n) is 18.3. The first-order valence-corrected chi connectivity index (χ1v) is 10.9. The molecule has 1 heterocycles. The maximum atomic E-state index is 12.4. The van der Waals surface area contributed by atoms with Gasteiger partial charge in [0, 0.05) is 31.5 Å². The Balaban J connectivity index is 1.23. The second-order valence-corrected chi connectivity index (χ2v) is 9.00. The minimum Gasteiger partial charge on any atom is -0.481 e. The Labute approximate surface area is 187 Å². The predicted molar refractivity (Wildman–Crippen MR) is 119 cm³/mol. The van der Waals surface area contributed by atoms with Crippen LogP contribution in [-0.2, 0) is 14.3 Å². The number of carboxylic acid groups (broad SMARTS) is 1. The molecule has 1 unspecified atom stereocenters. The molecule has 0 radical (unpaired) electrons. The van der Waals surface area contributed by atoms with Crippen molar-refractivity contribution in [1.82, 2.24) is 10.2 Å². The first kappa shape index (κ1) is 21.9. The van der Waals surface area contributed by atoms with E-state index in [0.29, 0.717) is 13.0 Å². The van der Waals surface area contributed by atoms with Gasteiger partial charge in [0.2, 0.25) is 5.91 Å². The lowest BCUT2D eigenvalue weighted by atomic mass is 9.81. The fourth-order valence-electron chi connectivity index (χ4n) is 4.56. The van der Waals surface area contributed by atoms with E-state index in [2.05, 4.69) is 29.6 Å². The molecule has 168 valence electrons. The van der Waals surface area contributed by atoms with Crippen molar-refractivity contribution in [1.29, 1.82) is 0 Å². The fraction of sp³-hybridized carbons (Fsp3) is 0.400. The van der Waals surface area contributed by atoms with Gasteiger partial charge in [0.1, 0.15) is 6.61 Å². The zero-order valence-corrected chi connectivity index (χ0v) is 18.3. The third kappa shape index (κ3) is 4.07. The monoisotopic (exact) mass is 436 g/mol. The molecule has 2 N–H and O–H groups in total. The molecule has 2 amide bonds. The van der Waals surface area contributed by atoms with Gasteiger partial charge in [0.25, 0.3) is 0 Å². The lowest BCUT2D eigenvalue weighted by molar-refractivity contribution is -0.165. The third-order valence-electron chi connectivity index (χ3n) is 6.52. The van der Waals surface area contributed by atoms with Gasteiger partial charge in [-0.15, -0.1) is 0 Å². The van der Waals surface area contributed by atoms with Crippen molar-refractivity contribution >= 4 is 18.0 Å². The summed E-state index contributed by atoms with van der Waals surface area (Å²) in [6, 6.07) is 16.3. The largest absolute Gasteiger partial charge is 0.481 e. The van der Waals surface area contributed by atoms with E-state index in [0.717, 1.165) is 11.1 Å². The fourth-order valence-corrected chi connectivity index (χ4v) is 4.56. The summed E-state index contributed by atoms with van der Waals surface area (Å²) < 4.78 is 5.50. The summed E-state index contributed by atoms with van der Waals surface area (Å²) >= 11 is 0. The van der Waals surface area contributed by atoms with Gasteiger partial charge in [-0.05, 0) is 35.6 Å². The molecule has 1 aliphatic heterocycles. The van der Waals surface area contributed by atoms with Crippen LogP contribution < -0.4 is 5.32 Å². The van der Waals surface area contributed by atoms with E-state index in [1.165, 1.54) is 11.1 Å². The zero-order chi connectivity index (χ0) is 22.9. The predicted octanol–water partition coefficient (Wildman–Crippen LogP) is 3.48. The minimum absolute atomic E-state index is 0.00335. The molecule has 1 saturated heterocycles. The summed E-state index contributed by atoms with van der Waals surface area (Å²) in [5.41, 5.74) is 3.81. The first-order valence-electron chi connectivity index (χ1n) is 10.9. The highest BCUT2D eigenvalue weighted by Gasteiger charge is 2.47. The molecule has 7 nitrogen and oxygen atoms in total. The van der Waals surface area contributed by atoms with Crippen molar-refractivity contribution in [2.75, 3.05) is 26.2 Å². The Bertz CT molecular complexity index is 999. The number of carbonyl (C=O) groups is 3. The number of likely N-dealkylation sites (tertiary alicyclic amines) is 1. The number of nitrogens with one attached hydrogen (secondary N) is 1. The van der Waals surface area contributed by atoms with Crippen LogP contribution in [-0.4, -0.2) is 54.2 Å². The molecule has 0 aromatic heterocycles. The highest BCUT2D eigenvalue weighted by Crippen LogP contribution is 2.44. The Morgan fingerprint density at radius 3 is 2.22 bits per heavy atom. The van der Waals surface area contributed by atoms with Crippen LogP contribution in [0.3, 0.4) is 0 Å². The molecule has 1 aliphatic carbocycles. The number of alkyl carbamates (subject to hydrolysis) is 1. The molecule has 1 fully saturated rings. The maximum absolute atomic E-state index is 12.4. The van der Waals surface area contributed by atoms with E-state index in [4.69, 9.17) is 4.74 Å². The summed E-state index contributed by atoms with van der Waals surface area (Å²) in [5.74, 6) is -1.27. The van der Waals surface area contributed by atoms with Gasteiger partial charge < -0.3 is 20.1 Å². The number of fused-ring (bicyclic) bond motifs is 3. The van der Waals surface area contributed by atoms with E-state index >= 15 is 0 Å². The minimum atomic E-state index is -0.883. The highest BCUT2D eigenvalue weighted by atomic mass is 16.5. The summed E-state index contributed by atoms with van der Waals surface area (Å²) in [5, 5.41) is 11.9. The number of ether oxygens (including phenoxy) is 1. The van der Waals surface area contributed by atoms with Crippen molar-refractivity contribution in [2.24, 2.45) is 11.3 Å². The first-order chi connectivity index (χ1) is 15.3. The van der Waals surface area contributed by atoms with Crippen LogP contribution in [0.1, 0.15) is 37.3 Å². The van der Waals surface area contributed by atoms with Gasteiger partial charge in [-0.25, -0.2) is 4.79 Å². The summed E-state index contributed by atoms with van der Waals surface area (Å²) in [7, 11) is 0. The van der Waals surface area contributed by atoms with Gasteiger partial charge in [-0.1, -0.05) is 55.5 Å². The maximum Gasteiger partial charge on any atom is 0.407 e. The van der Waals surface area contributed by atoms with Crippen LogP contribution in [0.4, 0.5) is 4.79 Å². The van der Waals surface area contributed by atoms with Crippen LogP contribution in [0, 0.1) is 11.3 Å². The lowest BCUT2D eigenvalue weighted by Crippen LogP contribution is -2.61. The molecule has 7 heteroatoms. The quantitative estimate of drug-likeness (QED) is 0.693. The van der Waals surface area contributed by atoms with E-state index in [9.17, 15) is 19.5 Å². The Morgan fingerprint density at radius 1 is 1.09 bits per heavy atom. The van der Waals surface area contributed by atoms with Gasteiger partial charge in [0.05, 0.1) is 5.41 Å². The second kappa shape index (κ2) is 8.65. The number of hydrogen-bond acceptors (Lipinski definition) is 4. The third-order valence-corrected chi connectivity index (χ3v) is 6.52. The molecule has 0 bridgehead atoms. The molecular formula is C25H28N2O5. The number of aliphatic carboxylic acids is 1. The average molecular weight is 437 g/mol. The molecule has 2 aromatic rings.